The fourth-order valence-corrected chi connectivity index (χ4v) is 3.75. The second kappa shape index (κ2) is 12.6. The van der Waals surface area contributed by atoms with E-state index in [1.165, 1.54) is 17.7 Å². The first-order valence-electron chi connectivity index (χ1n) is 10.6. The maximum Gasteiger partial charge on any atom is 0.416 e. The first kappa shape index (κ1) is 25.9. The molecule has 0 unspecified atom stereocenters. The Morgan fingerprint density at radius 1 is 1.19 bits per heavy atom. The van der Waals surface area contributed by atoms with Crippen molar-refractivity contribution < 1.29 is 17.9 Å². The number of aliphatic imine (C=N–C) groups is 1. The standard InChI is InChI=1S/C22H31F3N4O.HI/c1-2-26-21(27-9-6-18-7-14-30-15-8-18)29-12-10-28(11-13-29)17-19-4-3-5-20(16-19)22(23,24)25;/h3-5,7,16H,2,6,8-15,17H2,1H3,(H,26,27);1H. The van der Waals surface area contributed by atoms with Crippen molar-refractivity contribution in [2.75, 3.05) is 52.5 Å². The van der Waals surface area contributed by atoms with E-state index in [0.29, 0.717) is 18.7 Å². The van der Waals surface area contributed by atoms with E-state index < -0.39 is 11.7 Å². The Kier molecular flexibility index (Phi) is 10.6. The van der Waals surface area contributed by atoms with Crippen LogP contribution in [-0.4, -0.2) is 68.2 Å². The number of hydrogen-bond donors (Lipinski definition) is 1. The van der Waals surface area contributed by atoms with E-state index in [0.717, 1.165) is 70.7 Å². The molecule has 174 valence electrons. The molecule has 0 bridgehead atoms. The molecule has 2 aliphatic heterocycles. The zero-order valence-electron chi connectivity index (χ0n) is 18.0. The molecule has 0 spiro atoms. The number of alkyl halides is 3. The summed E-state index contributed by atoms with van der Waals surface area (Å²) < 4.78 is 44.1. The van der Waals surface area contributed by atoms with E-state index in [4.69, 9.17) is 9.73 Å². The number of halogens is 4. The van der Waals surface area contributed by atoms with Crippen LogP contribution in [0.1, 0.15) is 30.9 Å². The topological polar surface area (TPSA) is 40.1 Å². The van der Waals surface area contributed by atoms with Gasteiger partial charge in [-0.15, -0.1) is 24.0 Å². The first-order chi connectivity index (χ1) is 14.5. The predicted molar refractivity (Wildman–Crippen MR) is 128 cm³/mol. The molecule has 0 radical (unpaired) electrons. The number of piperazine rings is 1. The van der Waals surface area contributed by atoms with Gasteiger partial charge < -0.3 is 15.0 Å². The number of guanidine groups is 1. The van der Waals surface area contributed by atoms with Crippen molar-refractivity contribution in [2.24, 2.45) is 4.99 Å². The highest BCUT2D eigenvalue weighted by Crippen LogP contribution is 2.29. The number of hydrogen-bond acceptors (Lipinski definition) is 3. The Morgan fingerprint density at radius 3 is 2.61 bits per heavy atom. The summed E-state index contributed by atoms with van der Waals surface area (Å²) in [5.41, 5.74) is 1.52. The average Bonchev–Trinajstić information content (AvgIpc) is 2.74. The third-order valence-electron chi connectivity index (χ3n) is 5.42. The molecule has 0 aliphatic carbocycles. The Morgan fingerprint density at radius 2 is 1.97 bits per heavy atom. The van der Waals surface area contributed by atoms with Gasteiger partial charge in [0, 0.05) is 45.8 Å². The van der Waals surface area contributed by atoms with Crippen LogP contribution in [-0.2, 0) is 17.5 Å². The van der Waals surface area contributed by atoms with Crippen molar-refractivity contribution in [3.05, 3.63) is 47.0 Å². The van der Waals surface area contributed by atoms with Crippen molar-refractivity contribution in [1.82, 2.24) is 15.1 Å². The molecule has 2 aliphatic rings. The first-order valence-corrected chi connectivity index (χ1v) is 10.6. The van der Waals surface area contributed by atoms with Crippen LogP contribution >= 0.6 is 24.0 Å². The molecule has 0 aromatic heterocycles. The molecule has 2 heterocycles. The molecule has 0 saturated carbocycles. The molecule has 5 nitrogen and oxygen atoms in total. The molecule has 1 saturated heterocycles. The molecular formula is C22H32F3IN4O. The lowest BCUT2D eigenvalue weighted by atomic mass is 10.1. The van der Waals surface area contributed by atoms with Crippen LogP contribution in [0.25, 0.3) is 0 Å². The van der Waals surface area contributed by atoms with Crippen molar-refractivity contribution in [1.29, 1.82) is 0 Å². The fourth-order valence-electron chi connectivity index (χ4n) is 3.75. The third-order valence-corrected chi connectivity index (χ3v) is 5.42. The van der Waals surface area contributed by atoms with Crippen LogP contribution in [0.15, 0.2) is 40.9 Å². The van der Waals surface area contributed by atoms with Crippen molar-refractivity contribution in [3.8, 4) is 0 Å². The maximum atomic E-state index is 12.9. The number of benzene rings is 1. The van der Waals surface area contributed by atoms with Crippen molar-refractivity contribution in [2.45, 2.75) is 32.5 Å². The minimum atomic E-state index is -4.30. The molecular weight excluding hydrogens is 520 g/mol. The average molecular weight is 552 g/mol. The second-order valence-electron chi connectivity index (χ2n) is 7.63. The van der Waals surface area contributed by atoms with Gasteiger partial charge in [0.25, 0.3) is 0 Å². The molecule has 3 rings (SSSR count). The van der Waals surface area contributed by atoms with Crippen LogP contribution < -0.4 is 5.32 Å². The molecule has 0 amide bonds. The molecule has 0 atom stereocenters. The van der Waals surface area contributed by atoms with Crippen LogP contribution in [0.3, 0.4) is 0 Å². The largest absolute Gasteiger partial charge is 0.416 e. The molecule has 1 aromatic rings. The summed E-state index contributed by atoms with van der Waals surface area (Å²) in [7, 11) is 0. The summed E-state index contributed by atoms with van der Waals surface area (Å²) in [6.45, 7) is 8.84. The van der Waals surface area contributed by atoms with Gasteiger partial charge in [-0.25, -0.2) is 0 Å². The summed E-state index contributed by atoms with van der Waals surface area (Å²) in [4.78, 5) is 9.22. The Hall–Kier alpha value is -1.33. The molecule has 1 N–H and O–H groups in total. The van der Waals surface area contributed by atoms with E-state index in [1.807, 2.05) is 0 Å². The lowest BCUT2D eigenvalue weighted by molar-refractivity contribution is -0.137. The van der Waals surface area contributed by atoms with Gasteiger partial charge >= 0.3 is 6.18 Å². The minimum Gasteiger partial charge on any atom is -0.377 e. The van der Waals surface area contributed by atoms with Gasteiger partial charge in [0.2, 0.25) is 0 Å². The highest BCUT2D eigenvalue weighted by Gasteiger charge is 2.30. The number of rotatable bonds is 6. The SMILES string of the molecule is CCNC(=NCCC1=CCOCC1)N1CCN(Cc2cccc(C(F)(F)F)c2)CC1.I. The summed E-state index contributed by atoms with van der Waals surface area (Å²) in [5.74, 6) is 0.920. The Labute approximate surface area is 199 Å². The van der Waals surface area contributed by atoms with Gasteiger partial charge in [0.05, 0.1) is 18.8 Å². The molecule has 9 heteroatoms. The maximum absolute atomic E-state index is 12.9. The highest BCUT2D eigenvalue weighted by atomic mass is 127. The Bertz CT molecular complexity index is 747. The number of nitrogens with zero attached hydrogens (tertiary/aromatic N) is 3. The van der Waals surface area contributed by atoms with Crippen molar-refractivity contribution in [3.63, 3.8) is 0 Å². The summed E-state index contributed by atoms with van der Waals surface area (Å²) in [6, 6.07) is 5.62. The van der Waals surface area contributed by atoms with E-state index >= 15 is 0 Å². The van der Waals surface area contributed by atoms with Crippen LogP contribution in [0.2, 0.25) is 0 Å². The fraction of sp³-hybridized carbons (Fsp3) is 0.591. The van der Waals surface area contributed by atoms with Crippen molar-refractivity contribution >= 4 is 29.9 Å². The lowest BCUT2D eigenvalue weighted by Crippen LogP contribution is -2.52. The molecule has 31 heavy (non-hydrogen) atoms. The third kappa shape index (κ3) is 8.27. The van der Waals surface area contributed by atoms with Crippen LogP contribution in [0.5, 0.6) is 0 Å². The zero-order valence-corrected chi connectivity index (χ0v) is 20.3. The van der Waals surface area contributed by atoms with E-state index in [2.05, 4.69) is 28.1 Å². The molecule has 1 fully saturated rings. The van der Waals surface area contributed by atoms with Crippen LogP contribution in [0.4, 0.5) is 13.2 Å². The summed E-state index contributed by atoms with van der Waals surface area (Å²) >= 11 is 0. The quantitative estimate of drug-likeness (QED) is 0.249. The van der Waals surface area contributed by atoms with E-state index in [-0.39, 0.29) is 24.0 Å². The lowest BCUT2D eigenvalue weighted by Gasteiger charge is -2.36. The number of ether oxygens (including phenoxy) is 1. The monoisotopic (exact) mass is 552 g/mol. The Balaban J connectivity index is 0.00000341. The molecule has 1 aromatic carbocycles. The van der Waals surface area contributed by atoms with Crippen LogP contribution in [0, 0.1) is 0 Å². The van der Waals surface area contributed by atoms with Gasteiger partial charge in [-0.1, -0.05) is 29.8 Å². The normalized spacial score (nSPS) is 18.4. The van der Waals surface area contributed by atoms with Gasteiger partial charge in [-0.2, -0.15) is 13.2 Å². The van der Waals surface area contributed by atoms with E-state index in [9.17, 15) is 13.2 Å². The van der Waals surface area contributed by atoms with Gasteiger partial charge in [0.1, 0.15) is 0 Å². The predicted octanol–water partition coefficient (Wildman–Crippen LogP) is 4.14. The second-order valence-corrected chi connectivity index (χ2v) is 7.63. The van der Waals surface area contributed by atoms with Gasteiger partial charge in [-0.05, 0) is 31.4 Å². The van der Waals surface area contributed by atoms with Gasteiger partial charge in [-0.3, -0.25) is 9.89 Å². The highest BCUT2D eigenvalue weighted by molar-refractivity contribution is 14.0. The summed E-state index contributed by atoms with van der Waals surface area (Å²) in [5, 5.41) is 3.37. The number of nitrogens with one attached hydrogen (secondary N) is 1. The zero-order chi connectivity index (χ0) is 21.4. The smallest absolute Gasteiger partial charge is 0.377 e. The van der Waals surface area contributed by atoms with E-state index in [1.54, 1.807) is 6.07 Å². The minimum absolute atomic E-state index is 0. The van der Waals surface area contributed by atoms with Gasteiger partial charge in [0.15, 0.2) is 5.96 Å². The summed E-state index contributed by atoms with van der Waals surface area (Å²) in [6.07, 6.45) is -0.209.